The van der Waals surface area contributed by atoms with Crippen molar-refractivity contribution in [3.05, 3.63) is 65.5 Å². The highest BCUT2D eigenvalue weighted by molar-refractivity contribution is 5.55. The Balaban J connectivity index is 1.59. The zero-order valence-electron chi connectivity index (χ0n) is 12.1. The number of nitrogens with zero attached hydrogens (tertiary/aromatic N) is 2. The molecule has 0 radical (unpaired) electrons. The summed E-state index contributed by atoms with van der Waals surface area (Å²) in [5, 5.41) is 15.8. The Labute approximate surface area is 130 Å². The smallest absolute Gasteiger partial charge is 0.187 e. The van der Waals surface area contributed by atoms with Crippen LogP contribution in [-0.4, -0.2) is 12.1 Å². The van der Waals surface area contributed by atoms with Gasteiger partial charge in [-0.15, -0.1) is 0 Å². The maximum absolute atomic E-state index is 8.81. The molecule has 0 amide bonds. The number of hydrogen-bond acceptors (Lipinski definition) is 3. The third kappa shape index (κ3) is 3.02. The predicted molar refractivity (Wildman–Crippen MR) is 87.9 cm³/mol. The molecule has 0 heterocycles. The van der Waals surface area contributed by atoms with Gasteiger partial charge in [0.05, 0.1) is 18.2 Å². The van der Waals surface area contributed by atoms with Gasteiger partial charge in [0.15, 0.2) is 5.69 Å². The third-order valence-corrected chi connectivity index (χ3v) is 3.99. The fraction of sp³-hybridized carbons (Fsp3) is 0.222. The normalized spacial score (nSPS) is 19.4. The van der Waals surface area contributed by atoms with Crippen LogP contribution in [0.25, 0.3) is 4.85 Å². The van der Waals surface area contributed by atoms with Crippen molar-refractivity contribution in [1.29, 1.82) is 5.26 Å². The van der Waals surface area contributed by atoms with Crippen LogP contribution in [0, 0.1) is 17.9 Å². The van der Waals surface area contributed by atoms with E-state index in [0.717, 1.165) is 24.2 Å². The molecule has 2 aromatic rings. The quantitative estimate of drug-likeness (QED) is 0.830. The van der Waals surface area contributed by atoms with Crippen LogP contribution in [0.3, 0.4) is 0 Å². The molecule has 0 bridgehead atoms. The lowest BCUT2D eigenvalue weighted by atomic mass is 9.86. The summed E-state index contributed by atoms with van der Waals surface area (Å²) in [5.41, 5.74) is 3.42. The zero-order chi connectivity index (χ0) is 15.4. The van der Waals surface area contributed by atoms with Gasteiger partial charge in [0.25, 0.3) is 0 Å². The van der Waals surface area contributed by atoms with Crippen molar-refractivity contribution in [3.8, 4) is 6.07 Å². The van der Waals surface area contributed by atoms with Gasteiger partial charge in [0, 0.05) is 23.5 Å². The van der Waals surface area contributed by atoms with Gasteiger partial charge in [0.1, 0.15) is 0 Å². The van der Waals surface area contributed by atoms with Crippen molar-refractivity contribution in [2.45, 2.75) is 24.9 Å². The molecule has 3 rings (SSSR count). The summed E-state index contributed by atoms with van der Waals surface area (Å²) < 4.78 is 0. The monoisotopic (exact) mass is 288 g/mol. The van der Waals surface area contributed by atoms with Gasteiger partial charge in [-0.05, 0) is 49.2 Å². The topological polar surface area (TPSA) is 52.2 Å². The first-order valence-corrected chi connectivity index (χ1v) is 7.29. The molecule has 1 fully saturated rings. The molecule has 2 aromatic carbocycles. The molecular weight excluding hydrogens is 272 g/mol. The minimum absolute atomic E-state index is 0.383. The molecule has 4 nitrogen and oxygen atoms in total. The summed E-state index contributed by atoms with van der Waals surface area (Å²) in [4.78, 5) is 3.40. The molecule has 108 valence electrons. The van der Waals surface area contributed by atoms with Crippen LogP contribution < -0.4 is 10.6 Å². The lowest BCUT2D eigenvalue weighted by molar-refractivity contribution is 0.395. The molecule has 22 heavy (non-hydrogen) atoms. The minimum Gasteiger partial charge on any atom is -0.380 e. The van der Waals surface area contributed by atoms with Crippen molar-refractivity contribution in [1.82, 2.24) is 0 Å². The Morgan fingerprint density at radius 2 is 1.41 bits per heavy atom. The Bertz CT molecular complexity index is 654. The van der Waals surface area contributed by atoms with Gasteiger partial charge < -0.3 is 10.6 Å². The first-order chi connectivity index (χ1) is 10.8. The van der Waals surface area contributed by atoms with Crippen LogP contribution in [-0.2, 0) is 0 Å². The summed E-state index contributed by atoms with van der Waals surface area (Å²) in [6.45, 7) is 6.96. The molecule has 1 saturated carbocycles. The van der Waals surface area contributed by atoms with E-state index < -0.39 is 0 Å². The third-order valence-electron chi connectivity index (χ3n) is 3.99. The second kappa shape index (κ2) is 6.20. The fourth-order valence-corrected chi connectivity index (χ4v) is 2.55. The lowest BCUT2D eigenvalue weighted by Crippen LogP contribution is -2.47. The maximum atomic E-state index is 8.81. The molecule has 0 aromatic heterocycles. The second-order valence-electron chi connectivity index (χ2n) is 5.43. The summed E-state index contributed by atoms with van der Waals surface area (Å²) >= 11 is 0. The number of anilines is 2. The van der Waals surface area contributed by atoms with Gasteiger partial charge in [0.2, 0.25) is 0 Å². The maximum Gasteiger partial charge on any atom is 0.187 e. The number of rotatable bonds is 4. The summed E-state index contributed by atoms with van der Waals surface area (Å²) in [6.07, 6.45) is 2.25. The molecule has 1 aliphatic rings. The number of hydrogen-bond donors (Lipinski definition) is 2. The summed E-state index contributed by atoms with van der Waals surface area (Å²) in [6, 6.07) is 18.0. The molecular formula is C18H16N4. The van der Waals surface area contributed by atoms with Crippen LogP contribution in [0.4, 0.5) is 17.1 Å². The van der Waals surface area contributed by atoms with E-state index in [4.69, 9.17) is 11.8 Å². The van der Waals surface area contributed by atoms with E-state index in [1.165, 1.54) is 0 Å². The van der Waals surface area contributed by atoms with Crippen LogP contribution >= 0.6 is 0 Å². The highest BCUT2D eigenvalue weighted by Gasteiger charge is 2.30. The molecule has 2 atom stereocenters. The van der Waals surface area contributed by atoms with Gasteiger partial charge >= 0.3 is 0 Å². The predicted octanol–water partition coefficient (Wildman–Crippen LogP) is 4.16. The Morgan fingerprint density at radius 3 is 1.82 bits per heavy atom. The lowest BCUT2D eigenvalue weighted by Gasteiger charge is -2.39. The summed E-state index contributed by atoms with van der Waals surface area (Å²) in [7, 11) is 0. The van der Waals surface area contributed by atoms with E-state index >= 15 is 0 Å². The van der Waals surface area contributed by atoms with Crippen molar-refractivity contribution in [3.63, 3.8) is 0 Å². The van der Waals surface area contributed by atoms with Crippen molar-refractivity contribution in [2.24, 2.45) is 0 Å². The van der Waals surface area contributed by atoms with E-state index in [-0.39, 0.29) is 0 Å². The van der Waals surface area contributed by atoms with Crippen LogP contribution in [0.15, 0.2) is 48.5 Å². The first kappa shape index (κ1) is 14.0. The highest BCUT2D eigenvalue weighted by Crippen LogP contribution is 2.28. The largest absolute Gasteiger partial charge is 0.380 e. The number of benzene rings is 2. The van der Waals surface area contributed by atoms with Crippen LogP contribution in [0.1, 0.15) is 18.4 Å². The number of nitriles is 1. The van der Waals surface area contributed by atoms with Crippen molar-refractivity contribution in [2.75, 3.05) is 10.6 Å². The first-order valence-electron chi connectivity index (χ1n) is 7.29. The summed E-state index contributed by atoms with van der Waals surface area (Å²) in [5.74, 6) is 0. The van der Waals surface area contributed by atoms with Gasteiger partial charge in [-0.1, -0.05) is 12.1 Å². The molecule has 0 aliphatic heterocycles. The average molecular weight is 288 g/mol. The van der Waals surface area contributed by atoms with Gasteiger partial charge in [-0.25, -0.2) is 4.85 Å². The Hall–Kier alpha value is -2.98. The molecule has 1 aliphatic carbocycles. The van der Waals surface area contributed by atoms with Crippen LogP contribution in [0.5, 0.6) is 0 Å². The molecule has 2 unspecified atom stereocenters. The number of nitrogens with one attached hydrogen (secondary N) is 2. The van der Waals surface area contributed by atoms with Crippen molar-refractivity contribution >= 4 is 17.1 Å². The SMILES string of the molecule is [C-]#[N+]c1ccc(NC2CCC2Nc2ccc(C#N)cc2)cc1. The van der Waals surface area contributed by atoms with E-state index in [9.17, 15) is 0 Å². The zero-order valence-corrected chi connectivity index (χ0v) is 12.1. The Morgan fingerprint density at radius 1 is 0.909 bits per heavy atom. The molecule has 0 saturated heterocycles. The second-order valence-corrected chi connectivity index (χ2v) is 5.43. The van der Waals surface area contributed by atoms with Crippen molar-refractivity contribution < 1.29 is 0 Å². The van der Waals surface area contributed by atoms with E-state index in [0.29, 0.717) is 23.3 Å². The Kier molecular flexibility index (Phi) is 3.94. The minimum atomic E-state index is 0.383. The van der Waals surface area contributed by atoms with E-state index in [2.05, 4.69) is 21.5 Å². The van der Waals surface area contributed by atoms with Gasteiger partial charge in [-0.2, -0.15) is 5.26 Å². The molecule has 2 N–H and O–H groups in total. The molecule has 4 heteroatoms. The fourth-order valence-electron chi connectivity index (χ4n) is 2.55. The molecule has 0 spiro atoms. The standard InChI is InChI=1S/C18H16N4/c1-20-14-6-8-16(9-7-14)22-18-11-10-17(18)21-15-4-2-13(12-19)3-5-15/h2-9,17-18,21-22H,10-11H2. The van der Waals surface area contributed by atoms with Gasteiger partial charge in [-0.3, -0.25) is 0 Å². The van der Waals surface area contributed by atoms with Crippen LogP contribution in [0.2, 0.25) is 0 Å². The average Bonchev–Trinajstić information content (AvgIpc) is 2.57. The van der Waals surface area contributed by atoms with E-state index in [1.54, 1.807) is 0 Å². The highest BCUT2D eigenvalue weighted by atomic mass is 15.1. The van der Waals surface area contributed by atoms with E-state index in [1.807, 2.05) is 48.5 Å².